The molecule has 0 unspecified atom stereocenters. The van der Waals surface area contributed by atoms with Crippen molar-refractivity contribution in [2.45, 2.75) is 0 Å². The van der Waals surface area contributed by atoms with E-state index in [0.29, 0.717) is 0 Å². The van der Waals surface area contributed by atoms with Gasteiger partial charge in [-0.05, 0) is 35.9 Å². The summed E-state index contributed by atoms with van der Waals surface area (Å²) in [6.07, 6.45) is 0. The van der Waals surface area contributed by atoms with Crippen LogP contribution in [-0.4, -0.2) is 9.55 Å². The average Bonchev–Trinajstić information content (AvgIpc) is 3.68. The Labute approximate surface area is 264 Å². The van der Waals surface area contributed by atoms with Gasteiger partial charge >= 0.3 is 0 Å². The lowest BCUT2D eigenvalue weighted by molar-refractivity contribution is 0.670. The standard InChI is InChI=1S/C43H26N2O/c1-2-12-27(13-3-1)41-36-25-24-33-31-16-5-8-22-38(31)45(42(33)40(36)35-18-4-7-21-37(35)44-41)29-15-10-14-28(26-29)30-19-11-20-34-32-17-6-9-23-39(32)46-43(30)34/h1-26H. The number of hydrogen-bond acceptors (Lipinski definition) is 2. The van der Waals surface area contributed by atoms with Gasteiger partial charge in [0.05, 0.1) is 22.2 Å². The normalized spacial score (nSPS) is 11.9. The van der Waals surface area contributed by atoms with Crippen molar-refractivity contribution in [3.05, 3.63) is 158 Å². The second kappa shape index (κ2) is 9.65. The zero-order valence-electron chi connectivity index (χ0n) is 24.8. The molecule has 0 saturated heterocycles. The Morgan fingerprint density at radius 2 is 1.17 bits per heavy atom. The number of fused-ring (bicyclic) bond motifs is 10. The van der Waals surface area contributed by atoms with E-state index in [1.807, 2.05) is 12.1 Å². The van der Waals surface area contributed by atoms with Gasteiger partial charge in [-0.25, -0.2) is 4.98 Å². The number of furan rings is 1. The lowest BCUT2D eigenvalue weighted by atomic mass is 9.97. The molecular formula is C43H26N2O. The molecule has 0 spiro atoms. The fourth-order valence-corrected chi connectivity index (χ4v) is 7.36. The van der Waals surface area contributed by atoms with Gasteiger partial charge in [-0.3, -0.25) is 0 Å². The number of rotatable bonds is 3. The molecule has 0 N–H and O–H groups in total. The Bertz CT molecular complexity index is 2800. The number of hydrogen-bond donors (Lipinski definition) is 0. The number of para-hydroxylation sites is 4. The molecule has 3 heteroatoms. The van der Waals surface area contributed by atoms with E-state index in [0.717, 1.165) is 66.3 Å². The molecule has 46 heavy (non-hydrogen) atoms. The van der Waals surface area contributed by atoms with Crippen LogP contribution in [0.1, 0.15) is 0 Å². The van der Waals surface area contributed by atoms with Crippen LogP contribution in [0.3, 0.4) is 0 Å². The van der Waals surface area contributed by atoms with Crippen molar-refractivity contribution in [2.75, 3.05) is 0 Å². The van der Waals surface area contributed by atoms with Gasteiger partial charge in [0.1, 0.15) is 11.2 Å². The Hall–Kier alpha value is -6.19. The lowest BCUT2D eigenvalue weighted by Crippen LogP contribution is -1.97. The zero-order valence-corrected chi connectivity index (χ0v) is 24.8. The maximum atomic E-state index is 6.46. The molecule has 0 fully saturated rings. The summed E-state index contributed by atoms with van der Waals surface area (Å²) in [6.45, 7) is 0. The van der Waals surface area contributed by atoms with E-state index >= 15 is 0 Å². The van der Waals surface area contributed by atoms with Crippen LogP contribution < -0.4 is 0 Å². The summed E-state index contributed by atoms with van der Waals surface area (Å²) in [7, 11) is 0. The monoisotopic (exact) mass is 586 g/mol. The average molecular weight is 587 g/mol. The molecule has 10 aromatic rings. The molecule has 3 aromatic heterocycles. The Morgan fingerprint density at radius 3 is 2.09 bits per heavy atom. The summed E-state index contributed by atoms with van der Waals surface area (Å²) in [6, 6.07) is 55.9. The van der Waals surface area contributed by atoms with E-state index in [1.54, 1.807) is 0 Å². The smallest absolute Gasteiger partial charge is 0.143 e. The number of pyridine rings is 1. The van der Waals surface area contributed by atoms with Crippen molar-refractivity contribution in [1.29, 1.82) is 0 Å². The molecule has 7 aromatic carbocycles. The van der Waals surface area contributed by atoms with Gasteiger partial charge < -0.3 is 8.98 Å². The summed E-state index contributed by atoms with van der Waals surface area (Å²) < 4.78 is 8.90. The van der Waals surface area contributed by atoms with Crippen LogP contribution in [0, 0.1) is 0 Å². The summed E-state index contributed by atoms with van der Waals surface area (Å²) >= 11 is 0. The minimum absolute atomic E-state index is 0.907. The first kappa shape index (κ1) is 25.2. The van der Waals surface area contributed by atoms with Crippen LogP contribution in [0.2, 0.25) is 0 Å². The molecule has 0 aliphatic rings. The predicted molar refractivity (Wildman–Crippen MR) is 192 cm³/mol. The van der Waals surface area contributed by atoms with Crippen molar-refractivity contribution < 1.29 is 4.42 Å². The van der Waals surface area contributed by atoms with Crippen LogP contribution in [0.5, 0.6) is 0 Å². The highest BCUT2D eigenvalue weighted by Crippen LogP contribution is 2.43. The van der Waals surface area contributed by atoms with E-state index in [1.165, 1.54) is 27.2 Å². The highest BCUT2D eigenvalue weighted by Gasteiger charge is 2.20. The van der Waals surface area contributed by atoms with Crippen molar-refractivity contribution in [1.82, 2.24) is 9.55 Å². The minimum Gasteiger partial charge on any atom is -0.455 e. The molecule has 0 saturated carbocycles. The highest BCUT2D eigenvalue weighted by atomic mass is 16.3. The minimum atomic E-state index is 0.907. The third-order valence-electron chi connectivity index (χ3n) is 9.36. The Balaban J connectivity index is 1.32. The van der Waals surface area contributed by atoms with Gasteiger partial charge in [0, 0.05) is 54.5 Å². The first-order chi connectivity index (χ1) is 22.8. The summed E-state index contributed by atoms with van der Waals surface area (Å²) in [5, 5.41) is 8.23. The SMILES string of the molecule is c1ccc(-c2nc3ccccc3c3c2ccc2c4ccccc4n(-c4cccc(-c5cccc6c5oc5ccccc56)c4)c23)cc1. The van der Waals surface area contributed by atoms with Gasteiger partial charge in [0.25, 0.3) is 0 Å². The van der Waals surface area contributed by atoms with Gasteiger partial charge in [-0.2, -0.15) is 0 Å². The molecule has 3 heterocycles. The number of aromatic nitrogens is 2. The van der Waals surface area contributed by atoms with Crippen molar-refractivity contribution in [3.63, 3.8) is 0 Å². The maximum absolute atomic E-state index is 6.46. The zero-order chi connectivity index (χ0) is 30.2. The summed E-state index contributed by atoms with van der Waals surface area (Å²) in [5.41, 5.74) is 10.6. The Morgan fingerprint density at radius 1 is 0.478 bits per heavy atom. The van der Waals surface area contributed by atoms with Crippen LogP contribution >= 0.6 is 0 Å². The van der Waals surface area contributed by atoms with Crippen molar-refractivity contribution in [3.8, 4) is 28.1 Å². The van der Waals surface area contributed by atoms with E-state index in [-0.39, 0.29) is 0 Å². The molecule has 0 bridgehead atoms. The molecule has 0 amide bonds. The van der Waals surface area contributed by atoms with E-state index in [2.05, 4.69) is 150 Å². The largest absolute Gasteiger partial charge is 0.455 e. The van der Waals surface area contributed by atoms with Gasteiger partial charge in [-0.15, -0.1) is 0 Å². The molecule has 0 atom stereocenters. The van der Waals surface area contributed by atoms with Crippen LogP contribution in [0.4, 0.5) is 0 Å². The summed E-state index contributed by atoms with van der Waals surface area (Å²) in [5.74, 6) is 0. The fraction of sp³-hybridized carbons (Fsp3) is 0. The molecule has 0 aliphatic heterocycles. The van der Waals surface area contributed by atoms with Gasteiger partial charge in [0.15, 0.2) is 0 Å². The summed E-state index contributed by atoms with van der Waals surface area (Å²) in [4.78, 5) is 5.22. The molecule has 3 nitrogen and oxygen atoms in total. The molecule has 0 aliphatic carbocycles. The van der Waals surface area contributed by atoms with Crippen LogP contribution in [0.15, 0.2) is 162 Å². The Kier molecular flexibility index (Phi) is 5.28. The van der Waals surface area contributed by atoms with Crippen LogP contribution in [0.25, 0.3) is 93.5 Å². The first-order valence-corrected chi connectivity index (χ1v) is 15.6. The van der Waals surface area contributed by atoms with E-state index in [9.17, 15) is 0 Å². The van der Waals surface area contributed by atoms with Crippen molar-refractivity contribution >= 4 is 65.4 Å². The number of nitrogens with zero attached hydrogens (tertiary/aromatic N) is 2. The van der Waals surface area contributed by atoms with Gasteiger partial charge in [-0.1, -0.05) is 127 Å². The first-order valence-electron chi connectivity index (χ1n) is 15.6. The molecule has 10 rings (SSSR count). The predicted octanol–water partition coefficient (Wildman–Crippen LogP) is 11.7. The topological polar surface area (TPSA) is 31.0 Å². The maximum Gasteiger partial charge on any atom is 0.143 e. The van der Waals surface area contributed by atoms with Gasteiger partial charge in [0.2, 0.25) is 0 Å². The molecule has 214 valence electrons. The highest BCUT2D eigenvalue weighted by molar-refractivity contribution is 6.27. The second-order valence-electron chi connectivity index (χ2n) is 11.9. The van der Waals surface area contributed by atoms with E-state index < -0.39 is 0 Å². The van der Waals surface area contributed by atoms with Crippen molar-refractivity contribution in [2.24, 2.45) is 0 Å². The second-order valence-corrected chi connectivity index (χ2v) is 11.9. The third-order valence-corrected chi connectivity index (χ3v) is 9.36. The quantitative estimate of drug-likeness (QED) is 0.193. The van der Waals surface area contributed by atoms with E-state index in [4.69, 9.17) is 9.40 Å². The lowest BCUT2D eigenvalue weighted by Gasteiger charge is -2.15. The number of benzene rings is 7. The fourth-order valence-electron chi connectivity index (χ4n) is 7.36. The van der Waals surface area contributed by atoms with Crippen LogP contribution in [-0.2, 0) is 0 Å². The molecular weight excluding hydrogens is 560 g/mol. The third kappa shape index (κ3) is 3.57. The molecule has 0 radical (unpaired) electrons.